The van der Waals surface area contributed by atoms with Crippen molar-refractivity contribution in [1.29, 1.82) is 0 Å². The summed E-state index contributed by atoms with van der Waals surface area (Å²) in [5.41, 5.74) is 2.49. The zero-order chi connectivity index (χ0) is 15.1. The van der Waals surface area contributed by atoms with E-state index in [0.29, 0.717) is 0 Å². The normalized spacial score (nSPS) is 19.7. The molecule has 0 saturated carbocycles. The first-order chi connectivity index (χ1) is 10.2. The van der Waals surface area contributed by atoms with Crippen LogP contribution in [0.1, 0.15) is 36.8 Å². The molecule has 0 aliphatic carbocycles. The van der Waals surface area contributed by atoms with Crippen LogP contribution in [0.15, 0.2) is 18.2 Å². The van der Waals surface area contributed by atoms with Crippen LogP contribution in [-0.4, -0.2) is 44.2 Å². The molecule has 1 aliphatic rings. The highest BCUT2D eigenvalue weighted by molar-refractivity contribution is 5.35. The van der Waals surface area contributed by atoms with Gasteiger partial charge in [0.25, 0.3) is 0 Å². The summed E-state index contributed by atoms with van der Waals surface area (Å²) in [6, 6.07) is 7.15. The summed E-state index contributed by atoms with van der Waals surface area (Å²) in [6.45, 7) is 8.40. The standard InChI is InChI=1S/C18H30N2O/c1-15-7-8-16(2)18(14-15)21-13-12-20-11-5-4-6-17(20)9-10-19-3/h7-8,14,17,19H,4-6,9-13H2,1-3H3. The van der Waals surface area contributed by atoms with E-state index in [1.807, 2.05) is 7.05 Å². The number of hydrogen-bond acceptors (Lipinski definition) is 3. The molecular weight excluding hydrogens is 260 g/mol. The molecule has 0 radical (unpaired) electrons. The number of piperidine rings is 1. The largest absolute Gasteiger partial charge is 0.492 e. The molecule has 118 valence electrons. The maximum absolute atomic E-state index is 6.02. The molecule has 21 heavy (non-hydrogen) atoms. The lowest BCUT2D eigenvalue weighted by Gasteiger charge is -2.35. The molecule has 1 aromatic rings. The zero-order valence-corrected chi connectivity index (χ0v) is 13.8. The second-order valence-corrected chi connectivity index (χ2v) is 6.20. The van der Waals surface area contributed by atoms with E-state index >= 15 is 0 Å². The fraction of sp³-hybridized carbons (Fsp3) is 0.667. The van der Waals surface area contributed by atoms with Crippen molar-refractivity contribution in [2.75, 3.05) is 33.3 Å². The molecule has 1 heterocycles. The van der Waals surface area contributed by atoms with E-state index in [9.17, 15) is 0 Å². The summed E-state index contributed by atoms with van der Waals surface area (Å²) in [4.78, 5) is 2.62. The van der Waals surface area contributed by atoms with Crippen LogP contribution in [0.2, 0.25) is 0 Å². The Morgan fingerprint density at radius 2 is 2.14 bits per heavy atom. The Hall–Kier alpha value is -1.06. The Bertz CT molecular complexity index is 433. The molecule has 0 aromatic heterocycles. The quantitative estimate of drug-likeness (QED) is 0.835. The Balaban J connectivity index is 1.81. The molecule has 0 amide bonds. The van der Waals surface area contributed by atoms with Gasteiger partial charge in [-0.1, -0.05) is 18.6 Å². The molecule has 1 aromatic carbocycles. The molecule has 1 unspecified atom stereocenters. The highest BCUT2D eigenvalue weighted by Gasteiger charge is 2.21. The van der Waals surface area contributed by atoms with E-state index in [-0.39, 0.29) is 0 Å². The molecule has 1 atom stereocenters. The molecule has 1 fully saturated rings. The topological polar surface area (TPSA) is 24.5 Å². The van der Waals surface area contributed by atoms with Crippen molar-refractivity contribution < 1.29 is 4.74 Å². The van der Waals surface area contributed by atoms with Gasteiger partial charge in [-0.3, -0.25) is 4.90 Å². The van der Waals surface area contributed by atoms with E-state index in [0.717, 1.165) is 31.5 Å². The lowest BCUT2D eigenvalue weighted by atomic mass is 9.99. The number of aryl methyl sites for hydroxylation is 2. The van der Waals surface area contributed by atoms with E-state index in [1.165, 1.54) is 43.4 Å². The van der Waals surface area contributed by atoms with E-state index < -0.39 is 0 Å². The second kappa shape index (κ2) is 8.40. The van der Waals surface area contributed by atoms with Gasteiger partial charge < -0.3 is 10.1 Å². The van der Waals surface area contributed by atoms with Crippen LogP contribution in [-0.2, 0) is 0 Å². The minimum absolute atomic E-state index is 0.730. The van der Waals surface area contributed by atoms with Crippen LogP contribution in [0.5, 0.6) is 5.75 Å². The number of hydrogen-bond donors (Lipinski definition) is 1. The summed E-state index contributed by atoms with van der Waals surface area (Å²) in [6.07, 6.45) is 5.30. The number of benzene rings is 1. The molecule has 1 saturated heterocycles. The summed E-state index contributed by atoms with van der Waals surface area (Å²) >= 11 is 0. The molecule has 0 spiro atoms. The number of nitrogens with one attached hydrogen (secondary N) is 1. The third-order valence-electron chi connectivity index (χ3n) is 4.46. The van der Waals surface area contributed by atoms with Crippen molar-refractivity contribution in [2.45, 2.75) is 45.6 Å². The van der Waals surface area contributed by atoms with Gasteiger partial charge >= 0.3 is 0 Å². The highest BCUT2D eigenvalue weighted by Crippen LogP contribution is 2.21. The Labute approximate surface area is 129 Å². The molecule has 1 N–H and O–H groups in total. The van der Waals surface area contributed by atoms with Gasteiger partial charge in [0.1, 0.15) is 12.4 Å². The lowest BCUT2D eigenvalue weighted by Crippen LogP contribution is -2.43. The van der Waals surface area contributed by atoms with Crippen molar-refractivity contribution in [3.63, 3.8) is 0 Å². The van der Waals surface area contributed by atoms with E-state index in [4.69, 9.17) is 4.74 Å². The van der Waals surface area contributed by atoms with E-state index in [1.54, 1.807) is 0 Å². The van der Waals surface area contributed by atoms with Crippen LogP contribution in [0.3, 0.4) is 0 Å². The minimum atomic E-state index is 0.730. The van der Waals surface area contributed by atoms with Gasteiger partial charge in [0.15, 0.2) is 0 Å². The summed E-state index contributed by atoms with van der Waals surface area (Å²) in [7, 11) is 2.04. The van der Waals surface area contributed by atoms with Gasteiger partial charge in [0, 0.05) is 12.6 Å². The first-order valence-electron chi connectivity index (χ1n) is 8.29. The smallest absolute Gasteiger partial charge is 0.122 e. The molecule has 3 nitrogen and oxygen atoms in total. The van der Waals surface area contributed by atoms with Crippen LogP contribution in [0.25, 0.3) is 0 Å². The fourth-order valence-corrected chi connectivity index (χ4v) is 3.13. The molecule has 3 heteroatoms. The summed E-state index contributed by atoms with van der Waals surface area (Å²) < 4.78 is 6.02. The van der Waals surface area contributed by atoms with Crippen molar-refractivity contribution in [2.24, 2.45) is 0 Å². The van der Waals surface area contributed by atoms with E-state index in [2.05, 4.69) is 42.3 Å². The van der Waals surface area contributed by atoms with Crippen molar-refractivity contribution in [3.05, 3.63) is 29.3 Å². The number of nitrogens with zero attached hydrogens (tertiary/aromatic N) is 1. The van der Waals surface area contributed by atoms with Crippen molar-refractivity contribution >= 4 is 0 Å². The van der Waals surface area contributed by atoms with Gasteiger partial charge in [-0.15, -0.1) is 0 Å². The Morgan fingerprint density at radius 1 is 1.29 bits per heavy atom. The zero-order valence-electron chi connectivity index (χ0n) is 13.8. The molecule has 2 rings (SSSR count). The predicted molar refractivity (Wildman–Crippen MR) is 89.2 cm³/mol. The third-order valence-corrected chi connectivity index (χ3v) is 4.46. The van der Waals surface area contributed by atoms with Gasteiger partial charge in [0.05, 0.1) is 0 Å². The SMILES string of the molecule is CNCCC1CCCCN1CCOc1cc(C)ccc1C. The molecule has 0 bridgehead atoms. The predicted octanol–water partition coefficient (Wildman–Crippen LogP) is 3.15. The van der Waals surface area contributed by atoms with Gasteiger partial charge in [-0.25, -0.2) is 0 Å². The van der Waals surface area contributed by atoms with Crippen LogP contribution < -0.4 is 10.1 Å². The monoisotopic (exact) mass is 290 g/mol. The van der Waals surface area contributed by atoms with Crippen molar-refractivity contribution in [3.8, 4) is 5.75 Å². The van der Waals surface area contributed by atoms with Crippen molar-refractivity contribution in [1.82, 2.24) is 10.2 Å². The summed E-state index contributed by atoms with van der Waals surface area (Å²) in [5, 5.41) is 3.27. The maximum Gasteiger partial charge on any atom is 0.122 e. The fourth-order valence-electron chi connectivity index (χ4n) is 3.13. The Kier molecular flexibility index (Phi) is 6.52. The molecule has 1 aliphatic heterocycles. The third kappa shape index (κ3) is 5.01. The Morgan fingerprint density at radius 3 is 2.95 bits per heavy atom. The first-order valence-corrected chi connectivity index (χ1v) is 8.29. The van der Waals surface area contributed by atoms with Gasteiger partial charge in [-0.05, 0) is 70.4 Å². The molecular formula is C18H30N2O. The average molecular weight is 290 g/mol. The number of ether oxygens (including phenoxy) is 1. The van der Waals surface area contributed by atoms with Crippen LogP contribution in [0, 0.1) is 13.8 Å². The van der Waals surface area contributed by atoms with Gasteiger partial charge in [-0.2, -0.15) is 0 Å². The number of rotatable bonds is 7. The first kappa shape index (κ1) is 16.3. The van der Waals surface area contributed by atoms with Gasteiger partial charge in [0.2, 0.25) is 0 Å². The summed E-state index contributed by atoms with van der Waals surface area (Å²) in [5.74, 6) is 1.04. The highest BCUT2D eigenvalue weighted by atomic mass is 16.5. The van der Waals surface area contributed by atoms with Crippen LogP contribution in [0.4, 0.5) is 0 Å². The minimum Gasteiger partial charge on any atom is -0.492 e. The lowest BCUT2D eigenvalue weighted by molar-refractivity contribution is 0.117. The second-order valence-electron chi connectivity index (χ2n) is 6.20. The van der Waals surface area contributed by atoms with Crippen LogP contribution >= 0.6 is 0 Å². The maximum atomic E-state index is 6.02. The number of likely N-dealkylation sites (tertiary alicyclic amines) is 1. The average Bonchev–Trinajstić information content (AvgIpc) is 2.50.